The Morgan fingerprint density at radius 2 is 2.32 bits per heavy atom. The Morgan fingerprint density at radius 3 is 3.16 bits per heavy atom. The topological polar surface area (TPSA) is 45.2 Å². The number of piperazine rings is 1. The molecule has 1 fully saturated rings. The zero-order valence-electron chi connectivity index (χ0n) is 11.0. The summed E-state index contributed by atoms with van der Waals surface area (Å²) < 4.78 is 0. The summed E-state index contributed by atoms with van der Waals surface area (Å²) in [7, 11) is 0. The van der Waals surface area contributed by atoms with Gasteiger partial charge in [0.1, 0.15) is 0 Å². The van der Waals surface area contributed by atoms with E-state index in [0.29, 0.717) is 0 Å². The van der Waals surface area contributed by atoms with Crippen molar-refractivity contribution < 1.29 is 4.79 Å². The molecule has 1 aliphatic rings. The number of fused-ring (bicyclic) bond motifs is 1. The molecule has 1 amide bonds. The molecule has 0 saturated carbocycles. The van der Waals surface area contributed by atoms with E-state index in [1.165, 1.54) is 0 Å². The van der Waals surface area contributed by atoms with Gasteiger partial charge in [-0.1, -0.05) is 6.07 Å². The molecule has 98 valence electrons. The highest BCUT2D eigenvalue weighted by atomic mass is 16.2. The van der Waals surface area contributed by atoms with Crippen LogP contribution < -0.4 is 5.32 Å². The van der Waals surface area contributed by atoms with Gasteiger partial charge in [-0.3, -0.25) is 9.78 Å². The molecule has 0 radical (unpaired) electrons. The fourth-order valence-electron chi connectivity index (χ4n) is 2.52. The summed E-state index contributed by atoms with van der Waals surface area (Å²) in [5.41, 5.74) is 1.67. The Balaban J connectivity index is 1.92. The maximum atomic E-state index is 12.5. The monoisotopic (exact) mass is 255 g/mol. The van der Waals surface area contributed by atoms with Crippen LogP contribution in [0.2, 0.25) is 0 Å². The van der Waals surface area contributed by atoms with E-state index in [2.05, 4.69) is 17.2 Å². The fourth-order valence-corrected chi connectivity index (χ4v) is 2.52. The minimum absolute atomic E-state index is 0.111. The summed E-state index contributed by atoms with van der Waals surface area (Å²) >= 11 is 0. The standard InChI is InChI=1S/C15H17N3O/c1-11-10-16-7-8-18(11)15(19)13-4-5-14-12(9-13)3-2-6-17-14/h2-6,9,11,16H,7-8,10H2,1H3. The molecule has 1 aromatic heterocycles. The molecule has 4 heteroatoms. The molecule has 1 aromatic carbocycles. The molecular formula is C15H17N3O. The zero-order valence-corrected chi connectivity index (χ0v) is 11.0. The normalized spacial score (nSPS) is 19.6. The minimum Gasteiger partial charge on any atom is -0.333 e. The van der Waals surface area contributed by atoms with Gasteiger partial charge >= 0.3 is 0 Å². The van der Waals surface area contributed by atoms with Gasteiger partial charge in [0.15, 0.2) is 0 Å². The Morgan fingerprint density at radius 1 is 1.42 bits per heavy atom. The molecule has 3 rings (SSSR count). The van der Waals surface area contributed by atoms with Crippen molar-refractivity contribution >= 4 is 16.8 Å². The summed E-state index contributed by atoms with van der Waals surface area (Å²) in [5, 5.41) is 4.31. The summed E-state index contributed by atoms with van der Waals surface area (Å²) in [5.74, 6) is 0.111. The summed E-state index contributed by atoms with van der Waals surface area (Å²) in [4.78, 5) is 18.7. The van der Waals surface area contributed by atoms with Crippen LogP contribution in [0.4, 0.5) is 0 Å². The number of aromatic nitrogens is 1. The average Bonchev–Trinajstić information content (AvgIpc) is 2.46. The van der Waals surface area contributed by atoms with Crippen molar-refractivity contribution in [1.82, 2.24) is 15.2 Å². The molecule has 0 spiro atoms. The molecule has 0 aliphatic carbocycles. The number of pyridine rings is 1. The van der Waals surface area contributed by atoms with Crippen LogP contribution in [0.1, 0.15) is 17.3 Å². The van der Waals surface area contributed by atoms with E-state index in [0.717, 1.165) is 36.1 Å². The number of carbonyl (C=O) groups excluding carboxylic acids is 1. The Bertz CT molecular complexity index is 611. The van der Waals surface area contributed by atoms with Crippen LogP contribution in [-0.4, -0.2) is 41.5 Å². The molecule has 1 saturated heterocycles. The Hall–Kier alpha value is -1.94. The SMILES string of the molecule is CC1CNCCN1C(=O)c1ccc2ncccc2c1. The van der Waals surface area contributed by atoms with E-state index < -0.39 is 0 Å². The lowest BCUT2D eigenvalue weighted by Gasteiger charge is -2.34. The van der Waals surface area contributed by atoms with E-state index in [1.807, 2.05) is 35.2 Å². The molecule has 1 atom stereocenters. The van der Waals surface area contributed by atoms with Crippen molar-refractivity contribution in [2.45, 2.75) is 13.0 Å². The van der Waals surface area contributed by atoms with Gasteiger partial charge in [-0.15, -0.1) is 0 Å². The summed E-state index contributed by atoms with van der Waals surface area (Å²) in [6.07, 6.45) is 1.77. The molecule has 4 nitrogen and oxygen atoms in total. The molecule has 1 N–H and O–H groups in total. The van der Waals surface area contributed by atoms with Crippen LogP contribution in [-0.2, 0) is 0 Å². The van der Waals surface area contributed by atoms with Gasteiger partial charge in [-0.2, -0.15) is 0 Å². The van der Waals surface area contributed by atoms with Gasteiger partial charge < -0.3 is 10.2 Å². The minimum atomic E-state index is 0.111. The van der Waals surface area contributed by atoms with E-state index in [1.54, 1.807) is 6.20 Å². The first-order valence-corrected chi connectivity index (χ1v) is 6.62. The van der Waals surface area contributed by atoms with Gasteiger partial charge in [-0.25, -0.2) is 0 Å². The summed E-state index contributed by atoms with van der Waals surface area (Å²) in [6, 6.07) is 9.83. The van der Waals surface area contributed by atoms with Crippen LogP contribution in [0.3, 0.4) is 0 Å². The molecule has 1 unspecified atom stereocenters. The first kappa shape index (κ1) is 12.1. The highest BCUT2D eigenvalue weighted by molar-refractivity contribution is 5.98. The average molecular weight is 255 g/mol. The lowest BCUT2D eigenvalue weighted by Crippen LogP contribution is -2.52. The molecule has 2 aromatic rings. The number of nitrogens with one attached hydrogen (secondary N) is 1. The number of hydrogen-bond donors (Lipinski definition) is 1. The molecule has 2 heterocycles. The van der Waals surface area contributed by atoms with Crippen LogP contribution in [0.15, 0.2) is 36.5 Å². The van der Waals surface area contributed by atoms with Gasteiger partial charge in [0.25, 0.3) is 5.91 Å². The maximum Gasteiger partial charge on any atom is 0.254 e. The van der Waals surface area contributed by atoms with Gasteiger partial charge in [0.05, 0.1) is 5.52 Å². The number of benzene rings is 1. The maximum absolute atomic E-state index is 12.5. The fraction of sp³-hybridized carbons (Fsp3) is 0.333. The van der Waals surface area contributed by atoms with E-state index >= 15 is 0 Å². The lowest BCUT2D eigenvalue weighted by atomic mass is 10.1. The number of nitrogens with zero attached hydrogens (tertiary/aromatic N) is 2. The number of hydrogen-bond acceptors (Lipinski definition) is 3. The van der Waals surface area contributed by atoms with Gasteiger partial charge in [0.2, 0.25) is 0 Å². The number of rotatable bonds is 1. The van der Waals surface area contributed by atoms with Gasteiger partial charge in [-0.05, 0) is 31.2 Å². The predicted molar refractivity (Wildman–Crippen MR) is 75.1 cm³/mol. The molecule has 19 heavy (non-hydrogen) atoms. The molecular weight excluding hydrogens is 238 g/mol. The largest absolute Gasteiger partial charge is 0.333 e. The number of amides is 1. The van der Waals surface area contributed by atoms with Crippen LogP contribution in [0.5, 0.6) is 0 Å². The van der Waals surface area contributed by atoms with Crippen molar-refractivity contribution in [2.24, 2.45) is 0 Å². The Labute approximate surface area is 112 Å². The van der Waals surface area contributed by atoms with Crippen LogP contribution in [0, 0.1) is 0 Å². The first-order valence-electron chi connectivity index (χ1n) is 6.62. The van der Waals surface area contributed by atoms with Crippen LogP contribution in [0.25, 0.3) is 10.9 Å². The summed E-state index contributed by atoms with van der Waals surface area (Å²) in [6.45, 7) is 4.57. The highest BCUT2D eigenvalue weighted by Gasteiger charge is 2.23. The third kappa shape index (κ3) is 2.31. The van der Waals surface area contributed by atoms with E-state index in [-0.39, 0.29) is 11.9 Å². The Kier molecular flexibility index (Phi) is 3.17. The quantitative estimate of drug-likeness (QED) is 0.843. The highest BCUT2D eigenvalue weighted by Crippen LogP contribution is 2.16. The lowest BCUT2D eigenvalue weighted by molar-refractivity contribution is 0.0656. The molecule has 0 bridgehead atoms. The van der Waals surface area contributed by atoms with E-state index in [4.69, 9.17) is 0 Å². The zero-order chi connectivity index (χ0) is 13.2. The van der Waals surface area contributed by atoms with Crippen molar-refractivity contribution in [3.8, 4) is 0 Å². The number of carbonyl (C=O) groups is 1. The second-order valence-electron chi connectivity index (χ2n) is 4.96. The van der Waals surface area contributed by atoms with Crippen molar-refractivity contribution in [1.29, 1.82) is 0 Å². The third-order valence-corrected chi connectivity index (χ3v) is 3.61. The van der Waals surface area contributed by atoms with Gasteiger partial charge in [0, 0.05) is 42.8 Å². The molecule has 1 aliphatic heterocycles. The van der Waals surface area contributed by atoms with E-state index in [9.17, 15) is 4.79 Å². The van der Waals surface area contributed by atoms with Crippen LogP contribution >= 0.6 is 0 Å². The first-order chi connectivity index (χ1) is 9.25. The predicted octanol–water partition coefficient (Wildman–Crippen LogP) is 1.67. The second-order valence-corrected chi connectivity index (χ2v) is 4.96. The van der Waals surface area contributed by atoms with Crippen molar-refractivity contribution in [3.63, 3.8) is 0 Å². The van der Waals surface area contributed by atoms with Crippen molar-refractivity contribution in [2.75, 3.05) is 19.6 Å². The second kappa shape index (κ2) is 4.97. The third-order valence-electron chi connectivity index (χ3n) is 3.61. The smallest absolute Gasteiger partial charge is 0.254 e. The van der Waals surface area contributed by atoms with Crippen molar-refractivity contribution in [3.05, 3.63) is 42.1 Å².